The molecule has 2 rings (SSSR count). The average Bonchev–Trinajstić information content (AvgIpc) is 2.44. The van der Waals surface area contributed by atoms with E-state index in [1.165, 1.54) is 12.3 Å². The van der Waals surface area contributed by atoms with Gasteiger partial charge in [-0.05, 0) is 34.1 Å². The Kier molecular flexibility index (Phi) is 4.41. The number of oxime groups is 1. The lowest BCUT2D eigenvalue weighted by Gasteiger charge is -2.11. The molecule has 0 aliphatic rings. The minimum atomic E-state index is -0.626. The molecule has 0 atom stereocenters. The number of hydrogen-bond acceptors (Lipinski definition) is 4. The van der Waals surface area contributed by atoms with Crippen LogP contribution in [0.4, 0.5) is 4.39 Å². The smallest absolute Gasteiger partial charge is 0.192 e. The molecule has 0 amide bonds. The Hall–Kier alpha value is -1.86. The van der Waals surface area contributed by atoms with Crippen LogP contribution in [-0.4, -0.2) is 16.0 Å². The van der Waals surface area contributed by atoms with Gasteiger partial charge in [0.15, 0.2) is 17.3 Å². The lowest BCUT2D eigenvalue weighted by atomic mass is 10.3. The van der Waals surface area contributed by atoms with E-state index in [0.717, 1.165) is 6.07 Å². The Morgan fingerprint density at radius 1 is 1.45 bits per heavy atom. The molecule has 2 aromatic rings. The molecule has 0 saturated carbocycles. The predicted molar refractivity (Wildman–Crippen MR) is 75.9 cm³/mol. The third kappa shape index (κ3) is 3.00. The predicted octanol–water partition coefficient (Wildman–Crippen LogP) is 3.52. The number of ether oxygens (including phenoxy) is 1. The van der Waals surface area contributed by atoms with Gasteiger partial charge in [0.2, 0.25) is 0 Å². The SMILES string of the molecule is N/C(=N/O)c1ncccc1Oc1cc(F)c(Cl)cc1Br. The number of halogens is 3. The van der Waals surface area contributed by atoms with Crippen LogP contribution in [0.1, 0.15) is 5.69 Å². The quantitative estimate of drug-likeness (QED) is 0.288. The van der Waals surface area contributed by atoms with E-state index in [1.54, 1.807) is 12.1 Å². The molecule has 1 aromatic carbocycles. The van der Waals surface area contributed by atoms with Crippen LogP contribution in [0.5, 0.6) is 11.5 Å². The van der Waals surface area contributed by atoms with Crippen molar-refractivity contribution in [3.05, 3.63) is 51.5 Å². The lowest BCUT2D eigenvalue weighted by molar-refractivity contribution is 0.318. The van der Waals surface area contributed by atoms with Crippen LogP contribution in [0, 0.1) is 5.82 Å². The molecular weight excluding hydrogens is 353 g/mol. The van der Waals surface area contributed by atoms with E-state index in [9.17, 15) is 4.39 Å². The van der Waals surface area contributed by atoms with Gasteiger partial charge in [-0.1, -0.05) is 16.8 Å². The zero-order valence-electron chi connectivity index (χ0n) is 9.85. The van der Waals surface area contributed by atoms with Gasteiger partial charge in [0.05, 0.1) is 9.50 Å². The summed E-state index contributed by atoms with van der Waals surface area (Å²) in [4.78, 5) is 3.94. The second-order valence-electron chi connectivity index (χ2n) is 3.63. The molecule has 0 spiro atoms. The van der Waals surface area contributed by atoms with Crippen molar-refractivity contribution >= 4 is 33.4 Å². The maximum absolute atomic E-state index is 13.5. The maximum atomic E-state index is 13.5. The van der Waals surface area contributed by atoms with Crippen molar-refractivity contribution in [1.29, 1.82) is 0 Å². The molecule has 0 fully saturated rings. The van der Waals surface area contributed by atoms with E-state index in [0.29, 0.717) is 4.47 Å². The van der Waals surface area contributed by atoms with Crippen LogP contribution in [0.15, 0.2) is 40.1 Å². The molecule has 20 heavy (non-hydrogen) atoms. The molecule has 8 heteroatoms. The first kappa shape index (κ1) is 14.5. The first-order valence-electron chi connectivity index (χ1n) is 5.28. The highest BCUT2D eigenvalue weighted by atomic mass is 79.9. The minimum absolute atomic E-state index is 0.0351. The summed E-state index contributed by atoms with van der Waals surface area (Å²) in [6.45, 7) is 0. The standard InChI is InChI=1S/C12H8BrClFN3O2/c13-6-4-7(14)8(15)5-10(6)20-9-2-1-3-17-11(9)12(16)18-19/h1-5,19H,(H2,16,18). The summed E-state index contributed by atoms with van der Waals surface area (Å²) in [5, 5.41) is 11.5. The summed E-state index contributed by atoms with van der Waals surface area (Å²) in [5.41, 5.74) is 5.63. The number of amidine groups is 1. The summed E-state index contributed by atoms with van der Waals surface area (Å²) in [5.74, 6) is -0.442. The third-order valence-corrected chi connectivity index (χ3v) is 3.23. The Bertz CT molecular complexity index is 682. The van der Waals surface area contributed by atoms with Gasteiger partial charge in [-0.2, -0.15) is 0 Å². The summed E-state index contributed by atoms with van der Waals surface area (Å²) < 4.78 is 19.4. The molecule has 1 heterocycles. The van der Waals surface area contributed by atoms with Gasteiger partial charge in [-0.3, -0.25) is 0 Å². The van der Waals surface area contributed by atoms with E-state index in [2.05, 4.69) is 26.1 Å². The number of hydrogen-bond donors (Lipinski definition) is 2. The van der Waals surface area contributed by atoms with Gasteiger partial charge in [0.25, 0.3) is 0 Å². The maximum Gasteiger partial charge on any atom is 0.192 e. The summed E-state index contributed by atoms with van der Waals surface area (Å²) in [6.07, 6.45) is 1.46. The van der Waals surface area contributed by atoms with Gasteiger partial charge in [0.1, 0.15) is 11.6 Å². The molecule has 5 nitrogen and oxygen atoms in total. The van der Waals surface area contributed by atoms with Gasteiger partial charge >= 0.3 is 0 Å². The van der Waals surface area contributed by atoms with Crippen LogP contribution >= 0.6 is 27.5 Å². The van der Waals surface area contributed by atoms with Crippen LogP contribution < -0.4 is 10.5 Å². The van der Waals surface area contributed by atoms with E-state index in [1.807, 2.05) is 0 Å². The topological polar surface area (TPSA) is 80.7 Å². The number of pyridine rings is 1. The summed E-state index contributed by atoms with van der Waals surface area (Å²) in [7, 11) is 0. The summed E-state index contributed by atoms with van der Waals surface area (Å²) in [6, 6.07) is 5.64. The van der Waals surface area contributed by atoms with Gasteiger partial charge < -0.3 is 15.7 Å². The second-order valence-corrected chi connectivity index (χ2v) is 4.90. The Morgan fingerprint density at radius 3 is 2.90 bits per heavy atom. The normalized spacial score (nSPS) is 11.4. The van der Waals surface area contributed by atoms with Gasteiger partial charge in [-0.25, -0.2) is 9.37 Å². The largest absolute Gasteiger partial charge is 0.454 e. The average molecular weight is 361 g/mol. The van der Waals surface area contributed by atoms with Crippen LogP contribution in [-0.2, 0) is 0 Å². The van der Waals surface area contributed by atoms with Crippen molar-refractivity contribution in [3.63, 3.8) is 0 Å². The fourth-order valence-electron chi connectivity index (χ4n) is 1.41. The van der Waals surface area contributed by atoms with Crippen LogP contribution in [0.25, 0.3) is 0 Å². The molecule has 0 saturated heterocycles. The molecule has 0 aliphatic heterocycles. The van der Waals surface area contributed by atoms with Crippen molar-refractivity contribution in [2.45, 2.75) is 0 Å². The van der Waals surface area contributed by atoms with Crippen molar-refractivity contribution in [1.82, 2.24) is 4.98 Å². The second kappa shape index (κ2) is 6.06. The molecule has 0 bridgehead atoms. The Labute approximate surface area is 127 Å². The monoisotopic (exact) mass is 359 g/mol. The zero-order valence-corrected chi connectivity index (χ0v) is 12.2. The zero-order chi connectivity index (χ0) is 14.7. The highest BCUT2D eigenvalue weighted by Gasteiger charge is 2.14. The molecule has 0 unspecified atom stereocenters. The lowest BCUT2D eigenvalue weighted by Crippen LogP contribution is -2.16. The first-order chi connectivity index (χ1) is 9.52. The number of aromatic nitrogens is 1. The molecule has 0 radical (unpaired) electrons. The first-order valence-corrected chi connectivity index (χ1v) is 6.45. The van der Waals surface area contributed by atoms with E-state index in [4.69, 9.17) is 27.3 Å². The summed E-state index contributed by atoms with van der Waals surface area (Å²) >= 11 is 8.86. The molecule has 1 aromatic heterocycles. The molecule has 104 valence electrons. The fraction of sp³-hybridized carbons (Fsp3) is 0. The van der Waals surface area contributed by atoms with Crippen LogP contribution in [0.2, 0.25) is 5.02 Å². The molecule has 3 N–H and O–H groups in total. The van der Waals surface area contributed by atoms with E-state index in [-0.39, 0.29) is 28.1 Å². The van der Waals surface area contributed by atoms with Crippen molar-refractivity contribution in [3.8, 4) is 11.5 Å². The number of rotatable bonds is 3. The highest BCUT2D eigenvalue weighted by Crippen LogP contribution is 2.34. The van der Waals surface area contributed by atoms with Crippen LogP contribution in [0.3, 0.4) is 0 Å². The highest BCUT2D eigenvalue weighted by molar-refractivity contribution is 9.10. The molecule has 0 aliphatic carbocycles. The van der Waals surface area contributed by atoms with E-state index < -0.39 is 5.82 Å². The van der Waals surface area contributed by atoms with Crippen molar-refractivity contribution in [2.75, 3.05) is 0 Å². The van der Waals surface area contributed by atoms with E-state index >= 15 is 0 Å². The fourth-order valence-corrected chi connectivity index (χ4v) is 2.13. The van der Waals surface area contributed by atoms with Crippen molar-refractivity contribution in [2.24, 2.45) is 10.9 Å². The minimum Gasteiger partial charge on any atom is -0.454 e. The number of nitrogens with zero attached hydrogens (tertiary/aromatic N) is 2. The third-order valence-electron chi connectivity index (χ3n) is 2.32. The van der Waals surface area contributed by atoms with Crippen molar-refractivity contribution < 1.29 is 14.3 Å². The Morgan fingerprint density at radius 2 is 2.20 bits per heavy atom. The Balaban J connectivity index is 2.43. The number of nitrogens with two attached hydrogens (primary N) is 1. The van der Waals surface area contributed by atoms with Gasteiger partial charge in [-0.15, -0.1) is 0 Å². The van der Waals surface area contributed by atoms with Gasteiger partial charge in [0, 0.05) is 12.3 Å². The number of benzene rings is 1. The molecular formula is C12H8BrClFN3O2.